The van der Waals surface area contributed by atoms with E-state index in [1.54, 1.807) is 0 Å². The third kappa shape index (κ3) is 4.44. The fourth-order valence-electron chi connectivity index (χ4n) is 1.70. The van der Waals surface area contributed by atoms with E-state index in [-0.39, 0.29) is 10.9 Å². The molecule has 96 valence electrons. The van der Waals surface area contributed by atoms with E-state index >= 15 is 0 Å². The second-order valence-corrected chi connectivity index (χ2v) is 6.32. The van der Waals surface area contributed by atoms with E-state index < -0.39 is 15.8 Å². The van der Waals surface area contributed by atoms with Gasteiger partial charge in [-0.05, 0) is 43.5 Å². The molecule has 0 aromatic heterocycles. The van der Waals surface area contributed by atoms with Gasteiger partial charge >= 0.3 is 0 Å². The van der Waals surface area contributed by atoms with E-state index in [2.05, 4.69) is 4.72 Å². The molecular weight excluding hydrogens is 241 g/mol. The fraction of sp³-hybridized carbons (Fsp3) is 0.500. The smallest absolute Gasteiger partial charge is 0.208 e. The number of benzene rings is 1. The van der Waals surface area contributed by atoms with Crippen LogP contribution in [-0.4, -0.2) is 14.5 Å². The Morgan fingerprint density at radius 1 is 1.18 bits per heavy atom. The number of hydrogen-bond donors (Lipinski definition) is 1. The lowest BCUT2D eigenvalue weighted by Gasteiger charge is -2.16. The summed E-state index contributed by atoms with van der Waals surface area (Å²) in [5.74, 6) is -0.0277. The van der Waals surface area contributed by atoms with Crippen molar-refractivity contribution in [2.24, 2.45) is 5.92 Å². The molecule has 0 aliphatic rings. The molecule has 0 fully saturated rings. The SMILES string of the molecule is CC(C)CC(C)NS(=O)(=O)c1ccc(F)cc1. The third-order valence-electron chi connectivity index (χ3n) is 2.31. The van der Waals surface area contributed by atoms with Crippen molar-refractivity contribution in [3.63, 3.8) is 0 Å². The topological polar surface area (TPSA) is 46.2 Å². The summed E-state index contributed by atoms with van der Waals surface area (Å²) in [6.07, 6.45) is 0.764. The van der Waals surface area contributed by atoms with Crippen LogP contribution < -0.4 is 4.72 Å². The average molecular weight is 259 g/mol. The van der Waals surface area contributed by atoms with Crippen LogP contribution in [0.4, 0.5) is 4.39 Å². The molecule has 1 N–H and O–H groups in total. The lowest BCUT2D eigenvalue weighted by Crippen LogP contribution is -2.33. The van der Waals surface area contributed by atoms with Crippen molar-refractivity contribution in [3.05, 3.63) is 30.1 Å². The first-order valence-electron chi connectivity index (χ1n) is 5.59. The van der Waals surface area contributed by atoms with Crippen LogP contribution in [0.1, 0.15) is 27.2 Å². The summed E-state index contributed by atoms with van der Waals surface area (Å²) < 4.78 is 39.1. The molecule has 1 atom stereocenters. The van der Waals surface area contributed by atoms with Crippen molar-refractivity contribution in [2.75, 3.05) is 0 Å². The van der Waals surface area contributed by atoms with Crippen LogP contribution in [0.15, 0.2) is 29.2 Å². The lowest BCUT2D eigenvalue weighted by molar-refractivity contribution is 0.482. The predicted octanol–water partition coefficient (Wildman–Crippen LogP) is 2.54. The largest absolute Gasteiger partial charge is 0.240 e. The Hall–Kier alpha value is -0.940. The van der Waals surface area contributed by atoms with Crippen molar-refractivity contribution in [1.82, 2.24) is 4.72 Å². The van der Waals surface area contributed by atoms with Gasteiger partial charge in [0.15, 0.2) is 0 Å². The highest BCUT2D eigenvalue weighted by molar-refractivity contribution is 7.89. The first kappa shape index (κ1) is 14.1. The van der Waals surface area contributed by atoms with E-state index in [4.69, 9.17) is 0 Å². The second-order valence-electron chi connectivity index (χ2n) is 4.61. The van der Waals surface area contributed by atoms with Crippen LogP contribution in [0, 0.1) is 11.7 Å². The van der Waals surface area contributed by atoms with Crippen LogP contribution in [0.3, 0.4) is 0 Å². The summed E-state index contributed by atoms with van der Waals surface area (Å²) >= 11 is 0. The van der Waals surface area contributed by atoms with Gasteiger partial charge in [-0.25, -0.2) is 17.5 Å². The van der Waals surface area contributed by atoms with E-state index in [1.807, 2.05) is 20.8 Å². The molecule has 1 aromatic rings. The summed E-state index contributed by atoms with van der Waals surface area (Å²) in [6, 6.07) is 4.67. The zero-order valence-electron chi connectivity index (χ0n) is 10.3. The molecule has 0 aliphatic heterocycles. The molecule has 0 amide bonds. The van der Waals surface area contributed by atoms with Crippen molar-refractivity contribution < 1.29 is 12.8 Å². The van der Waals surface area contributed by atoms with Crippen molar-refractivity contribution in [1.29, 1.82) is 0 Å². The Balaban J connectivity index is 2.78. The summed E-state index contributed by atoms with van der Waals surface area (Å²) in [4.78, 5) is 0.0921. The van der Waals surface area contributed by atoms with Gasteiger partial charge in [0.25, 0.3) is 0 Å². The Morgan fingerprint density at radius 3 is 2.18 bits per heavy atom. The van der Waals surface area contributed by atoms with Crippen LogP contribution in [-0.2, 0) is 10.0 Å². The molecule has 1 unspecified atom stereocenters. The molecule has 0 bridgehead atoms. The molecule has 0 heterocycles. The van der Waals surface area contributed by atoms with E-state index in [0.29, 0.717) is 5.92 Å². The van der Waals surface area contributed by atoms with Crippen molar-refractivity contribution in [2.45, 2.75) is 38.1 Å². The van der Waals surface area contributed by atoms with Gasteiger partial charge in [0.1, 0.15) is 5.82 Å². The first-order valence-corrected chi connectivity index (χ1v) is 7.07. The quantitative estimate of drug-likeness (QED) is 0.883. The maximum absolute atomic E-state index is 12.7. The summed E-state index contributed by atoms with van der Waals surface area (Å²) in [5, 5.41) is 0. The Bertz CT molecular complexity index is 454. The van der Waals surface area contributed by atoms with Gasteiger partial charge in [-0.1, -0.05) is 13.8 Å². The van der Waals surface area contributed by atoms with Gasteiger partial charge < -0.3 is 0 Å². The highest BCUT2D eigenvalue weighted by Crippen LogP contribution is 2.12. The highest BCUT2D eigenvalue weighted by Gasteiger charge is 2.17. The van der Waals surface area contributed by atoms with Gasteiger partial charge in [0.05, 0.1) is 4.90 Å². The highest BCUT2D eigenvalue weighted by atomic mass is 32.2. The third-order valence-corrected chi connectivity index (χ3v) is 3.91. The second kappa shape index (κ2) is 5.60. The molecule has 5 heteroatoms. The molecule has 0 saturated heterocycles. The van der Waals surface area contributed by atoms with Crippen molar-refractivity contribution in [3.8, 4) is 0 Å². The normalized spacial score (nSPS) is 13.9. The molecule has 0 radical (unpaired) electrons. The predicted molar refractivity (Wildman–Crippen MR) is 65.6 cm³/mol. The molecule has 0 saturated carbocycles. The molecule has 0 aliphatic carbocycles. The lowest BCUT2D eigenvalue weighted by atomic mass is 10.1. The number of sulfonamides is 1. The number of halogens is 1. The van der Waals surface area contributed by atoms with Crippen LogP contribution in [0.2, 0.25) is 0 Å². The zero-order valence-corrected chi connectivity index (χ0v) is 11.1. The number of rotatable bonds is 5. The molecular formula is C12H18FNO2S. The van der Waals surface area contributed by atoms with Crippen LogP contribution >= 0.6 is 0 Å². The zero-order chi connectivity index (χ0) is 13.1. The molecule has 3 nitrogen and oxygen atoms in total. The Kier molecular flexibility index (Phi) is 4.65. The van der Waals surface area contributed by atoms with E-state index in [0.717, 1.165) is 18.6 Å². The fourth-order valence-corrected chi connectivity index (χ4v) is 2.96. The number of nitrogens with one attached hydrogen (secondary N) is 1. The summed E-state index contributed by atoms with van der Waals surface area (Å²) in [6.45, 7) is 5.88. The average Bonchev–Trinajstić information content (AvgIpc) is 2.15. The Labute approximate surface area is 102 Å². The van der Waals surface area contributed by atoms with Gasteiger partial charge in [-0.2, -0.15) is 0 Å². The van der Waals surface area contributed by atoms with Gasteiger partial charge in [-0.15, -0.1) is 0 Å². The van der Waals surface area contributed by atoms with Crippen LogP contribution in [0.25, 0.3) is 0 Å². The molecule has 0 spiro atoms. The minimum absolute atomic E-state index is 0.0921. The van der Waals surface area contributed by atoms with Crippen LogP contribution in [0.5, 0.6) is 0 Å². The first-order chi connectivity index (χ1) is 7.81. The Morgan fingerprint density at radius 2 is 1.71 bits per heavy atom. The van der Waals surface area contributed by atoms with Gasteiger partial charge in [-0.3, -0.25) is 0 Å². The summed E-state index contributed by atoms with van der Waals surface area (Å²) in [5.41, 5.74) is 0. The standard InChI is InChI=1S/C12H18FNO2S/c1-9(2)8-10(3)14-17(15,16)12-6-4-11(13)5-7-12/h4-7,9-10,14H,8H2,1-3H3. The number of hydrogen-bond acceptors (Lipinski definition) is 2. The minimum atomic E-state index is -3.54. The molecule has 1 rings (SSSR count). The maximum atomic E-state index is 12.7. The van der Waals surface area contributed by atoms with Crippen molar-refractivity contribution >= 4 is 10.0 Å². The van der Waals surface area contributed by atoms with Gasteiger partial charge in [0.2, 0.25) is 10.0 Å². The maximum Gasteiger partial charge on any atom is 0.240 e. The molecule has 1 aromatic carbocycles. The van der Waals surface area contributed by atoms with E-state index in [1.165, 1.54) is 12.1 Å². The van der Waals surface area contributed by atoms with E-state index in [9.17, 15) is 12.8 Å². The van der Waals surface area contributed by atoms with Gasteiger partial charge in [0, 0.05) is 6.04 Å². The summed E-state index contributed by atoms with van der Waals surface area (Å²) in [7, 11) is -3.54. The monoisotopic (exact) mass is 259 g/mol. The molecule has 17 heavy (non-hydrogen) atoms. The minimum Gasteiger partial charge on any atom is -0.208 e.